The van der Waals surface area contributed by atoms with Crippen LogP contribution in [0.25, 0.3) is 10.6 Å². The zero-order chi connectivity index (χ0) is 30.7. The molecule has 1 saturated heterocycles. The highest BCUT2D eigenvalue weighted by molar-refractivity contribution is 7.16. The number of anilines is 1. The van der Waals surface area contributed by atoms with Gasteiger partial charge in [0.1, 0.15) is 17.0 Å². The molecule has 1 saturated carbocycles. The largest absolute Gasteiger partial charge is 0.497 e. The number of nitrogens with one attached hydrogen (secondary N) is 1. The number of hydrogen-bond acceptors (Lipinski definition) is 8. The Balaban J connectivity index is 1.20. The molecular formula is C32H38FN5O4S. The molecule has 11 heteroatoms. The molecule has 3 aliphatic rings. The molecule has 1 N–H and O–H groups in total. The van der Waals surface area contributed by atoms with Crippen molar-refractivity contribution in [2.24, 2.45) is 5.92 Å². The lowest BCUT2D eigenvalue weighted by molar-refractivity contribution is 0.0164. The van der Waals surface area contributed by atoms with Gasteiger partial charge in [0.05, 0.1) is 29.3 Å². The number of likely N-dealkylation sites (tertiary alicyclic amines) is 1. The van der Waals surface area contributed by atoms with Crippen LogP contribution in [-0.2, 0) is 16.8 Å². The first-order chi connectivity index (χ1) is 20.4. The van der Waals surface area contributed by atoms with E-state index in [9.17, 15) is 9.59 Å². The van der Waals surface area contributed by atoms with Gasteiger partial charge in [-0.3, -0.25) is 4.79 Å². The quantitative estimate of drug-likeness (QED) is 0.348. The number of ether oxygens (including phenoxy) is 2. The van der Waals surface area contributed by atoms with Gasteiger partial charge in [0.15, 0.2) is 5.82 Å². The van der Waals surface area contributed by atoms with Crippen molar-refractivity contribution in [3.8, 4) is 16.3 Å². The normalized spacial score (nSPS) is 20.8. The number of thiophene rings is 1. The number of benzene rings is 1. The van der Waals surface area contributed by atoms with Gasteiger partial charge in [0.2, 0.25) is 5.95 Å². The van der Waals surface area contributed by atoms with E-state index < -0.39 is 11.4 Å². The van der Waals surface area contributed by atoms with E-state index in [0.717, 1.165) is 34.6 Å². The van der Waals surface area contributed by atoms with Crippen LogP contribution in [0.3, 0.4) is 0 Å². The number of carbonyl (C=O) groups excluding carboxylic acids is 2. The molecule has 3 aromatic rings. The first-order valence-electron chi connectivity index (χ1n) is 14.8. The molecule has 1 spiro atoms. The maximum Gasteiger partial charge on any atom is 0.410 e. The van der Waals surface area contributed by atoms with E-state index in [4.69, 9.17) is 9.47 Å². The summed E-state index contributed by atoms with van der Waals surface area (Å²) in [6.45, 7) is 11.1. The van der Waals surface area contributed by atoms with Crippen molar-refractivity contribution in [3.63, 3.8) is 0 Å². The highest BCUT2D eigenvalue weighted by Gasteiger charge is 2.60. The van der Waals surface area contributed by atoms with Gasteiger partial charge in [0, 0.05) is 30.6 Å². The second-order valence-electron chi connectivity index (χ2n) is 12.9. The molecule has 1 aliphatic carbocycles. The summed E-state index contributed by atoms with van der Waals surface area (Å²) < 4.78 is 26.1. The number of piperidine rings is 1. The van der Waals surface area contributed by atoms with Gasteiger partial charge in [-0.15, -0.1) is 11.3 Å². The van der Waals surface area contributed by atoms with Crippen molar-refractivity contribution in [2.75, 3.05) is 25.5 Å². The molecule has 228 valence electrons. The van der Waals surface area contributed by atoms with Gasteiger partial charge >= 0.3 is 6.09 Å². The summed E-state index contributed by atoms with van der Waals surface area (Å²) in [5.74, 6) is 0.685. The number of hydrogen-bond donors (Lipinski definition) is 1. The van der Waals surface area contributed by atoms with Crippen LogP contribution in [0.2, 0.25) is 0 Å². The molecule has 2 aliphatic heterocycles. The SMILES string of the molecule is COc1ccc(CN2C(=O)c3c(sc(-c4nc(N[C@H]5CCN(C(=O)OC(C)(C)C)C[C@H]5C)ncc4F)c3C)C23CC3)cc1. The molecule has 9 nitrogen and oxygen atoms in total. The fourth-order valence-electron chi connectivity index (χ4n) is 6.14. The molecule has 2 atom stereocenters. The fourth-order valence-corrected chi connectivity index (χ4v) is 7.69. The number of methoxy groups -OCH3 is 1. The summed E-state index contributed by atoms with van der Waals surface area (Å²) in [6.07, 6.45) is 3.34. The third-order valence-electron chi connectivity index (χ3n) is 8.60. The van der Waals surface area contributed by atoms with Gasteiger partial charge in [-0.05, 0) is 76.1 Å². The minimum Gasteiger partial charge on any atom is -0.497 e. The molecule has 2 amide bonds. The van der Waals surface area contributed by atoms with Gasteiger partial charge < -0.3 is 24.6 Å². The third-order valence-corrected chi connectivity index (χ3v) is 10.1. The summed E-state index contributed by atoms with van der Waals surface area (Å²) in [7, 11) is 1.63. The zero-order valence-electron chi connectivity index (χ0n) is 25.5. The standard InChI is InChI=1S/C32H38FN5O4S/c1-18-16-37(30(40)42-31(3,4)5)14-11-23(18)35-29-34-15-22(33)25(36-29)26-19(2)24-27(43-26)32(12-13-32)38(28(24)39)17-20-7-9-21(41-6)10-8-20/h7-10,15,18,23H,11-14,16-17H2,1-6H3,(H,34,35,36)/t18-,23+/m1/s1. The topological polar surface area (TPSA) is 96.9 Å². The molecule has 2 aromatic heterocycles. The van der Waals surface area contributed by atoms with Gasteiger partial charge in [-0.2, -0.15) is 0 Å². The van der Waals surface area contributed by atoms with Crippen LogP contribution in [0.15, 0.2) is 30.5 Å². The Bertz CT molecular complexity index is 1560. The first kappa shape index (κ1) is 29.3. The van der Waals surface area contributed by atoms with Crippen molar-refractivity contribution in [1.29, 1.82) is 0 Å². The van der Waals surface area contributed by atoms with Crippen LogP contribution in [0.5, 0.6) is 5.75 Å². The number of amides is 2. The Hall–Kier alpha value is -3.73. The average molecular weight is 608 g/mol. The van der Waals surface area contributed by atoms with Crippen LogP contribution in [0.1, 0.15) is 73.3 Å². The summed E-state index contributed by atoms with van der Waals surface area (Å²) >= 11 is 1.47. The molecule has 43 heavy (non-hydrogen) atoms. The van der Waals surface area contributed by atoms with E-state index in [0.29, 0.717) is 42.4 Å². The first-order valence-corrected chi connectivity index (χ1v) is 15.6. The molecule has 4 heterocycles. The van der Waals surface area contributed by atoms with E-state index in [1.54, 1.807) is 12.0 Å². The second kappa shape index (κ2) is 10.8. The maximum absolute atomic E-state index is 15.3. The van der Waals surface area contributed by atoms with E-state index in [1.807, 2.05) is 56.9 Å². The number of rotatable bonds is 6. The summed E-state index contributed by atoms with van der Waals surface area (Å²) in [6, 6.07) is 7.79. The maximum atomic E-state index is 15.3. The van der Waals surface area contributed by atoms with E-state index in [-0.39, 0.29) is 35.2 Å². The lowest BCUT2D eigenvalue weighted by Crippen LogP contribution is -2.49. The minimum atomic E-state index is -0.549. The Morgan fingerprint density at radius 1 is 1.23 bits per heavy atom. The summed E-state index contributed by atoms with van der Waals surface area (Å²) in [5.41, 5.74) is 1.81. The lowest BCUT2D eigenvalue weighted by Gasteiger charge is -2.37. The number of fused-ring (bicyclic) bond motifs is 2. The van der Waals surface area contributed by atoms with Crippen molar-refractivity contribution in [3.05, 3.63) is 57.8 Å². The van der Waals surface area contributed by atoms with Crippen molar-refractivity contribution in [2.45, 2.75) is 77.6 Å². The highest BCUT2D eigenvalue weighted by atomic mass is 32.1. The number of aromatic nitrogens is 2. The van der Waals surface area contributed by atoms with E-state index in [2.05, 4.69) is 22.2 Å². The molecule has 0 bridgehead atoms. The highest BCUT2D eigenvalue weighted by Crippen LogP contribution is 2.61. The average Bonchev–Trinajstić information content (AvgIpc) is 3.64. The Kier molecular flexibility index (Phi) is 7.35. The Morgan fingerprint density at radius 3 is 2.58 bits per heavy atom. The van der Waals surface area contributed by atoms with Crippen molar-refractivity contribution >= 4 is 29.3 Å². The Labute approximate surface area is 255 Å². The predicted octanol–water partition coefficient (Wildman–Crippen LogP) is 6.36. The monoisotopic (exact) mass is 607 g/mol. The second-order valence-corrected chi connectivity index (χ2v) is 13.9. The molecule has 0 unspecified atom stereocenters. The zero-order valence-corrected chi connectivity index (χ0v) is 26.3. The molecule has 6 rings (SSSR count). The van der Waals surface area contributed by atoms with Gasteiger partial charge in [-0.25, -0.2) is 19.2 Å². The van der Waals surface area contributed by atoms with Crippen molar-refractivity contribution in [1.82, 2.24) is 19.8 Å². The molecule has 2 fully saturated rings. The van der Waals surface area contributed by atoms with E-state index in [1.165, 1.54) is 17.5 Å². The van der Waals surface area contributed by atoms with E-state index >= 15 is 4.39 Å². The lowest BCUT2D eigenvalue weighted by atomic mass is 9.94. The van der Waals surface area contributed by atoms with Crippen LogP contribution in [-0.4, -0.2) is 63.6 Å². The molecule has 0 radical (unpaired) electrons. The molecular weight excluding hydrogens is 569 g/mol. The third kappa shape index (κ3) is 5.43. The van der Waals surface area contributed by atoms with Crippen LogP contribution in [0.4, 0.5) is 15.1 Å². The van der Waals surface area contributed by atoms with Crippen molar-refractivity contribution < 1.29 is 23.5 Å². The van der Waals surface area contributed by atoms with Crippen LogP contribution < -0.4 is 10.1 Å². The van der Waals surface area contributed by atoms with Gasteiger partial charge in [-0.1, -0.05) is 19.1 Å². The molecule has 1 aromatic carbocycles. The van der Waals surface area contributed by atoms with Crippen LogP contribution >= 0.6 is 11.3 Å². The van der Waals surface area contributed by atoms with Crippen LogP contribution in [0, 0.1) is 18.7 Å². The van der Waals surface area contributed by atoms with Gasteiger partial charge in [0.25, 0.3) is 5.91 Å². The number of halogens is 1. The predicted molar refractivity (Wildman–Crippen MR) is 163 cm³/mol. The minimum absolute atomic E-state index is 0.00857. The smallest absolute Gasteiger partial charge is 0.410 e. The fraction of sp³-hybridized carbons (Fsp3) is 0.500. The number of carbonyl (C=O) groups is 2. The summed E-state index contributed by atoms with van der Waals surface area (Å²) in [4.78, 5) is 40.6. The Morgan fingerprint density at radius 2 is 1.95 bits per heavy atom. The summed E-state index contributed by atoms with van der Waals surface area (Å²) in [5, 5.41) is 3.38. The number of nitrogens with zero attached hydrogens (tertiary/aromatic N) is 4.